The van der Waals surface area contributed by atoms with E-state index >= 15 is 0 Å². The summed E-state index contributed by atoms with van der Waals surface area (Å²) < 4.78 is 4.84. The minimum absolute atomic E-state index is 0.00465. The summed E-state index contributed by atoms with van der Waals surface area (Å²) >= 11 is 0. The Morgan fingerprint density at radius 1 is 1.53 bits per heavy atom. The second-order valence-electron chi connectivity index (χ2n) is 3.52. The van der Waals surface area contributed by atoms with Crippen LogP contribution < -0.4 is 5.32 Å². The lowest BCUT2D eigenvalue weighted by Crippen LogP contribution is -2.14. The van der Waals surface area contributed by atoms with Gasteiger partial charge in [-0.05, 0) is 25.0 Å². The highest BCUT2D eigenvalue weighted by molar-refractivity contribution is 5.85. The summed E-state index contributed by atoms with van der Waals surface area (Å²) in [7, 11) is 0. The zero-order valence-corrected chi connectivity index (χ0v) is 9.73. The number of ether oxygens (including phenoxy) is 1. The topological polar surface area (TPSA) is 81.5 Å². The van der Waals surface area contributed by atoms with E-state index in [9.17, 15) is 14.9 Å². The molecule has 17 heavy (non-hydrogen) atoms. The van der Waals surface area contributed by atoms with E-state index in [-0.39, 0.29) is 5.69 Å². The first-order chi connectivity index (χ1) is 8.04. The molecular formula is C11H14N2O4. The van der Waals surface area contributed by atoms with Gasteiger partial charge in [-0.15, -0.1) is 0 Å². The molecule has 6 heteroatoms. The molecular weight excluding hydrogens is 224 g/mol. The fourth-order valence-corrected chi connectivity index (χ4v) is 1.24. The molecule has 0 atom stereocenters. The Kier molecular flexibility index (Phi) is 4.45. The van der Waals surface area contributed by atoms with Crippen molar-refractivity contribution in [2.45, 2.75) is 20.3 Å². The highest BCUT2D eigenvalue weighted by Crippen LogP contribution is 2.21. The average molecular weight is 238 g/mol. The second kappa shape index (κ2) is 5.83. The normalized spacial score (nSPS) is 9.76. The van der Waals surface area contributed by atoms with Crippen LogP contribution in [0.3, 0.4) is 0 Å². The molecule has 1 aromatic rings. The largest absolute Gasteiger partial charge is 0.449 e. The maximum Gasteiger partial charge on any atom is 0.411 e. The monoisotopic (exact) mass is 238 g/mol. The van der Waals surface area contributed by atoms with Crippen LogP contribution in [0.25, 0.3) is 0 Å². The minimum atomic E-state index is -0.552. The van der Waals surface area contributed by atoms with Crippen LogP contribution in [0.4, 0.5) is 16.2 Å². The van der Waals surface area contributed by atoms with Crippen molar-refractivity contribution in [3.8, 4) is 0 Å². The van der Waals surface area contributed by atoms with E-state index in [0.717, 1.165) is 6.42 Å². The first-order valence-electron chi connectivity index (χ1n) is 5.23. The van der Waals surface area contributed by atoms with Crippen molar-refractivity contribution in [3.05, 3.63) is 33.9 Å². The molecule has 1 amide bonds. The van der Waals surface area contributed by atoms with Crippen LogP contribution in [-0.4, -0.2) is 17.6 Å². The molecule has 0 unspecified atom stereocenters. The molecule has 1 N–H and O–H groups in total. The van der Waals surface area contributed by atoms with Gasteiger partial charge < -0.3 is 4.74 Å². The Labute approximate surface area is 98.7 Å². The lowest BCUT2D eigenvalue weighted by Gasteiger charge is -2.08. The first-order valence-corrected chi connectivity index (χ1v) is 5.23. The van der Waals surface area contributed by atoms with Crippen LogP contribution in [-0.2, 0) is 4.74 Å². The Hall–Kier alpha value is -2.11. The third kappa shape index (κ3) is 3.75. The van der Waals surface area contributed by atoms with Crippen molar-refractivity contribution in [1.82, 2.24) is 0 Å². The molecule has 0 heterocycles. The number of hydrogen-bond donors (Lipinski definition) is 1. The van der Waals surface area contributed by atoms with Crippen molar-refractivity contribution >= 4 is 17.5 Å². The maximum absolute atomic E-state index is 11.3. The molecule has 0 aliphatic heterocycles. The molecule has 0 radical (unpaired) electrons. The zero-order chi connectivity index (χ0) is 12.8. The maximum atomic E-state index is 11.3. The summed E-state index contributed by atoms with van der Waals surface area (Å²) in [6.45, 7) is 3.92. The lowest BCUT2D eigenvalue weighted by atomic mass is 10.2. The number of anilines is 1. The van der Waals surface area contributed by atoms with Crippen LogP contribution in [0, 0.1) is 17.0 Å². The van der Waals surface area contributed by atoms with Crippen LogP contribution >= 0.6 is 0 Å². The number of carbonyl (C=O) groups is 1. The summed E-state index contributed by atoms with van der Waals surface area (Å²) in [4.78, 5) is 21.3. The third-order valence-corrected chi connectivity index (χ3v) is 2.09. The number of benzene rings is 1. The predicted molar refractivity (Wildman–Crippen MR) is 63.1 cm³/mol. The number of rotatable bonds is 4. The van der Waals surface area contributed by atoms with Gasteiger partial charge in [0, 0.05) is 17.8 Å². The summed E-state index contributed by atoms with van der Waals surface area (Å²) in [6.07, 6.45) is 0.191. The van der Waals surface area contributed by atoms with E-state index in [0.29, 0.717) is 17.9 Å². The Balaban J connectivity index is 2.72. The highest BCUT2D eigenvalue weighted by Gasteiger charge is 2.10. The molecule has 0 saturated carbocycles. The van der Waals surface area contributed by atoms with Gasteiger partial charge in [-0.2, -0.15) is 0 Å². The summed E-state index contributed by atoms with van der Waals surface area (Å²) in [5, 5.41) is 13.0. The molecule has 0 spiro atoms. The van der Waals surface area contributed by atoms with Crippen LogP contribution in [0.15, 0.2) is 18.2 Å². The van der Waals surface area contributed by atoms with Gasteiger partial charge in [-0.3, -0.25) is 15.4 Å². The van der Waals surface area contributed by atoms with E-state index in [4.69, 9.17) is 4.74 Å². The van der Waals surface area contributed by atoms with Gasteiger partial charge in [0.25, 0.3) is 5.69 Å². The van der Waals surface area contributed by atoms with Gasteiger partial charge in [0.2, 0.25) is 0 Å². The molecule has 1 aromatic carbocycles. The van der Waals surface area contributed by atoms with Gasteiger partial charge in [0.1, 0.15) is 0 Å². The van der Waals surface area contributed by atoms with E-state index in [1.165, 1.54) is 18.2 Å². The van der Waals surface area contributed by atoms with E-state index < -0.39 is 11.0 Å². The molecule has 92 valence electrons. The molecule has 0 bridgehead atoms. The quantitative estimate of drug-likeness (QED) is 0.645. The summed E-state index contributed by atoms with van der Waals surface area (Å²) in [6, 6.07) is 4.22. The van der Waals surface area contributed by atoms with Crippen molar-refractivity contribution in [1.29, 1.82) is 0 Å². The molecule has 6 nitrogen and oxygen atoms in total. The average Bonchev–Trinajstić information content (AvgIpc) is 2.28. The smallest absolute Gasteiger partial charge is 0.411 e. The number of nitrogens with one attached hydrogen (secondary N) is 1. The fourth-order valence-electron chi connectivity index (χ4n) is 1.24. The number of nitro benzene ring substituents is 1. The van der Waals surface area contributed by atoms with Crippen LogP contribution in [0.2, 0.25) is 0 Å². The van der Waals surface area contributed by atoms with Crippen LogP contribution in [0.5, 0.6) is 0 Å². The fraction of sp³-hybridized carbons (Fsp3) is 0.364. The molecule has 0 saturated heterocycles. The van der Waals surface area contributed by atoms with Crippen molar-refractivity contribution in [2.75, 3.05) is 11.9 Å². The van der Waals surface area contributed by atoms with Gasteiger partial charge >= 0.3 is 6.09 Å². The lowest BCUT2D eigenvalue weighted by molar-refractivity contribution is -0.384. The van der Waals surface area contributed by atoms with Crippen LogP contribution in [0.1, 0.15) is 18.9 Å². The Morgan fingerprint density at radius 3 is 2.76 bits per heavy atom. The number of carbonyl (C=O) groups excluding carboxylic acids is 1. The highest BCUT2D eigenvalue weighted by atomic mass is 16.6. The van der Waals surface area contributed by atoms with E-state index in [1.54, 1.807) is 6.92 Å². The van der Waals surface area contributed by atoms with Gasteiger partial charge in [0.05, 0.1) is 11.5 Å². The first kappa shape index (κ1) is 13.0. The number of nitro groups is 1. The van der Waals surface area contributed by atoms with Gasteiger partial charge in [0.15, 0.2) is 0 Å². The SMILES string of the molecule is CCCOC(=O)Nc1ccc([N+](=O)[O-])cc1C. The van der Waals surface area contributed by atoms with Crippen molar-refractivity contribution < 1.29 is 14.5 Å². The number of amides is 1. The zero-order valence-electron chi connectivity index (χ0n) is 9.73. The predicted octanol–water partition coefficient (Wildman–Crippen LogP) is 2.86. The summed E-state index contributed by atoms with van der Waals surface area (Å²) in [5.41, 5.74) is 1.12. The minimum Gasteiger partial charge on any atom is -0.449 e. The third-order valence-electron chi connectivity index (χ3n) is 2.09. The Morgan fingerprint density at radius 2 is 2.24 bits per heavy atom. The van der Waals surface area contributed by atoms with E-state index in [1.807, 2.05) is 6.92 Å². The molecule has 1 rings (SSSR count). The number of nitrogens with zero attached hydrogens (tertiary/aromatic N) is 1. The van der Waals surface area contributed by atoms with Gasteiger partial charge in [-0.1, -0.05) is 6.92 Å². The second-order valence-corrected chi connectivity index (χ2v) is 3.52. The molecule has 0 fully saturated rings. The van der Waals surface area contributed by atoms with E-state index in [2.05, 4.69) is 5.32 Å². The van der Waals surface area contributed by atoms with Crippen molar-refractivity contribution in [2.24, 2.45) is 0 Å². The Bertz CT molecular complexity index is 431. The number of hydrogen-bond acceptors (Lipinski definition) is 4. The molecule has 0 aliphatic rings. The standard InChI is InChI=1S/C11H14N2O4/c1-3-6-17-11(14)12-10-5-4-9(13(15)16)7-8(10)2/h4-5,7H,3,6H2,1-2H3,(H,12,14). The number of aryl methyl sites for hydroxylation is 1. The number of non-ortho nitro benzene ring substituents is 1. The van der Waals surface area contributed by atoms with Gasteiger partial charge in [-0.25, -0.2) is 4.79 Å². The molecule has 0 aliphatic carbocycles. The summed E-state index contributed by atoms with van der Waals surface area (Å²) in [5.74, 6) is 0. The van der Waals surface area contributed by atoms with Crippen molar-refractivity contribution in [3.63, 3.8) is 0 Å². The molecule has 0 aromatic heterocycles.